The van der Waals surface area contributed by atoms with Crippen LogP contribution < -0.4 is 10.6 Å². The monoisotopic (exact) mass is 424 g/mol. The summed E-state index contributed by atoms with van der Waals surface area (Å²) in [5.74, 6) is -2.02. The first kappa shape index (κ1) is 22.3. The zero-order valence-corrected chi connectivity index (χ0v) is 17.9. The average Bonchev–Trinajstić information content (AvgIpc) is 3.07. The lowest BCUT2D eigenvalue weighted by Gasteiger charge is -2.22. The second-order valence-corrected chi connectivity index (χ2v) is 8.00. The van der Waals surface area contributed by atoms with Crippen molar-refractivity contribution in [3.8, 4) is 11.1 Å². The Morgan fingerprint density at radius 3 is 2.00 bits per heavy atom. The number of fused-ring (bicyclic) bond motifs is 3. The number of carbonyl (C=O) groups excluding carboxylic acids is 2. The van der Waals surface area contributed by atoms with Crippen LogP contribution in [0.15, 0.2) is 48.5 Å². The smallest absolute Gasteiger partial charge is 0.407 e. The van der Waals surface area contributed by atoms with Gasteiger partial charge in [-0.25, -0.2) is 9.59 Å². The van der Waals surface area contributed by atoms with Gasteiger partial charge in [-0.1, -0.05) is 69.3 Å². The molecule has 1 aliphatic carbocycles. The molecule has 0 heterocycles. The molecule has 0 spiro atoms. The summed E-state index contributed by atoms with van der Waals surface area (Å²) in [7, 11) is 0. The molecule has 7 heteroatoms. The molecular formula is C24H28N2O5. The summed E-state index contributed by atoms with van der Waals surface area (Å²) in [4.78, 5) is 36.2. The van der Waals surface area contributed by atoms with E-state index in [1.165, 1.54) is 0 Å². The van der Waals surface area contributed by atoms with Gasteiger partial charge in [-0.05, 0) is 34.6 Å². The van der Waals surface area contributed by atoms with Crippen molar-refractivity contribution in [1.82, 2.24) is 10.6 Å². The summed E-state index contributed by atoms with van der Waals surface area (Å²) < 4.78 is 5.48. The van der Waals surface area contributed by atoms with E-state index in [0.29, 0.717) is 6.42 Å². The molecule has 0 bridgehead atoms. The number of benzene rings is 2. The first-order valence-corrected chi connectivity index (χ1v) is 10.5. The Bertz CT molecular complexity index is 926. The van der Waals surface area contributed by atoms with E-state index in [1.807, 2.05) is 36.4 Å². The molecule has 0 saturated heterocycles. The molecule has 2 aromatic rings. The van der Waals surface area contributed by atoms with Gasteiger partial charge in [0.05, 0.1) is 0 Å². The van der Waals surface area contributed by atoms with Gasteiger partial charge in [0.15, 0.2) is 0 Å². The lowest BCUT2D eigenvalue weighted by Crippen LogP contribution is -2.53. The van der Waals surface area contributed by atoms with Crippen LogP contribution in [0.5, 0.6) is 0 Å². The van der Waals surface area contributed by atoms with E-state index in [0.717, 1.165) is 22.3 Å². The minimum atomic E-state index is -1.11. The standard InChI is InChI=1S/C24H28N2O5/c1-4-20(22(27)26-21(14(2)3)23(28)29)25-24(30)31-13-19-17-11-7-5-9-15(17)16-10-6-8-12-18(16)19/h5-12,14,19-21H,4,13H2,1-3H3,(H,25,30)(H,26,27)(H,28,29)/t20-,21+/m1/s1. The maximum atomic E-state index is 12.5. The van der Waals surface area contributed by atoms with Gasteiger partial charge in [0.25, 0.3) is 0 Å². The largest absolute Gasteiger partial charge is 0.480 e. The van der Waals surface area contributed by atoms with Crippen LogP contribution in [0.2, 0.25) is 0 Å². The van der Waals surface area contributed by atoms with Crippen molar-refractivity contribution in [3.63, 3.8) is 0 Å². The number of amides is 2. The molecule has 1 aliphatic rings. The van der Waals surface area contributed by atoms with E-state index >= 15 is 0 Å². The number of nitrogens with one attached hydrogen (secondary N) is 2. The fourth-order valence-electron chi connectivity index (χ4n) is 3.90. The third-order valence-electron chi connectivity index (χ3n) is 5.59. The van der Waals surface area contributed by atoms with Gasteiger partial charge in [-0.2, -0.15) is 0 Å². The van der Waals surface area contributed by atoms with Crippen molar-refractivity contribution >= 4 is 18.0 Å². The van der Waals surface area contributed by atoms with Crippen molar-refractivity contribution in [2.45, 2.75) is 45.2 Å². The first-order valence-electron chi connectivity index (χ1n) is 10.5. The number of alkyl carbamates (subject to hydrolysis) is 1. The molecule has 0 aromatic heterocycles. The molecule has 0 aliphatic heterocycles. The molecule has 0 unspecified atom stereocenters. The van der Waals surface area contributed by atoms with Gasteiger partial charge >= 0.3 is 12.1 Å². The highest BCUT2D eigenvalue weighted by Gasteiger charge is 2.30. The quantitative estimate of drug-likeness (QED) is 0.601. The van der Waals surface area contributed by atoms with E-state index in [-0.39, 0.29) is 18.4 Å². The van der Waals surface area contributed by atoms with Crippen molar-refractivity contribution < 1.29 is 24.2 Å². The van der Waals surface area contributed by atoms with Crippen LogP contribution in [0.4, 0.5) is 4.79 Å². The van der Waals surface area contributed by atoms with E-state index < -0.39 is 30.1 Å². The molecular weight excluding hydrogens is 396 g/mol. The highest BCUT2D eigenvalue weighted by Crippen LogP contribution is 2.44. The van der Waals surface area contributed by atoms with E-state index in [4.69, 9.17) is 4.74 Å². The van der Waals surface area contributed by atoms with Crippen molar-refractivity contribution in [2.24, 2.45) is 5.92 Å². The van der Waals surface area contributed by atoms with Crippen LogP contribution >= 0.6 is 0 Å². The number of ether oxygens (including phenoxy) is 1. The predicted octanol–water partition coefficient (Wildman–Crippen LogP) is 3.53. The van der Waals surface area contributed by atoms with Crippen LogP contribution in [0, 0.1) is 5.92 Å². The molecule has 31 heavy (non-hydrogen) atoms. The third-order valence-corrected chi connectivity index (χ3v) is 5.59. The summed E-state index contributed by atoms with van der Waals surface area (Å²) in [6, 6.07) is 14.2. The van der Waals surface area contributed by atoms with Crippen LogP contribution in [0.25, 0.3) is 11.1 Å². The number of hydrogen-bond donors (Lipinski definition) is 3. The van der Waals surface area contributed by atoms with Crippen LogP contribution in [0.1, 0.15) is 44.2 Å². The lowest BCUT2D eigenvalue weighted by molar-refractivity contribution is -0.143. The summed E-state index contributed by atoms with van der Waals surface area (Å²) >= 11 is 0. The molecule has 3 rings (SSSR count). The Labute approximate surface area is 181 Å². The molecule has 2 amide bonds. The topological polar surface area (TPSA) is 105 Å². The Morgan fingerprint density at radius 2 is 1.52 bits per heavy atom. The van der Waals surface area contributed by atoms with Crippen LogP contribution in [0.3, 0.4) is 0 Å². The number of carboxylic acid groups (broad SMARTS) is 1. The zero-order chi connectivity index (χ0) is 22.5. The maximum absolute atomic E-state index is 12.5. The van der Waals surface area contributed by atoms with E-state index in [1.54, 1.807) is 20.8 Å². The van der Waals surface area contributed by atoms with Gasteiger partial charge in [-0.15, -0.1) is 0 Å². The van der Waals surface area contributed by atoms with Gasteiger partial charge < -0.3 is 20.5 Å². The van der Waals surface area contributed by atoms with Crippen LogP contribution in [-0.2, 0) is 14.3 Å². The number of carboxylic acids is 1. The molecule has 0 saturated carbocycles. The molecule has 164 valence electrons. The summed E-state index contributed by atoms with van der Waals surface area (Å²) in [5.41, 5.74) is 4.46. The van der Waals surface area contributed by atoms with Gasteiger partial charge in [0.1, 0.15) is 18.7 Å². The fraction of sp³-hybridized carbons (Fsp3) is 0.375. The molecule has 2 atom stereocenters. The fourth-order valence-corrected chi connectivity index (χ4v) is 3.90. The van der Waals surface area contributed by atoms with Crippen molar-refractivity contribution in [3.05, 3.63) is 59.7 Å². The Kier molecular flexibility index (Phi) is 6.95. The summed E-state index contributed by atoms with van der Waals surface area (Å²) in [6.45, 7) is 5.29. The summed E-state index contributed by atoms with van der Waals surface area (Å²) in [5, 5.41) is 14.3. The minimum absolute atomic E-state index is 0.0793. The molecule has 3 N–H and O–H groups in total. The average molecular weight is 424 g/mol. The summed E-state index contributed by atoms with van der Waals surface area (Å²) in [6.07, 6.45) is -0.402. The lowest BCUT2D eigenvalue weighted by atomic mass is 9.98. The number of aliphatic carboxylic acids is 1. The van der Waals surface area contributed by atoms with Gasteiger partial charge in [0, 0.05) is 5.92 Å². The number of carbonyl (C=O) groups is 3. The number of rotatable bonds is 8. The predicted molar refractivity (Wildman–Crippen MR) is 117 cm³/mol. The van der Waals surface area contributed by atoms with E-state index in [9.17, 15) is 19.5 Å². The Balaban J connectivity index is 1.63. The molecule has 0 fully saturated rings. The maximum Gasteiger partial charge on any atom is 0.407 e. The van der Waals surface area contributed by atoms with Crippen LogP contribution in [-0.4, -0.2) is 41.8 Å². The molecule has 0 radical (unpaired) electrons. The van der Waals surface area contributed by atoms with Gasteiger partial charge in [0.2, 0.25) is 5.91 Å². The normalized spacial score (nSPS) is 14.3. The second-order valence-electron chi connectivity index (χ2n) is 8.00. The number of hydrogen-bond acceptors (Lipinski definition) is 4. The van der Waals surface area contributed by atoms with Gasteiger partial charge in [-0.3, -0.25) is 4.79 Å². The second kappa shape index (κ2) is 9.64. The third kappa shape index (κ3) is 4.87. The van der Waals surface area contributed by atoms with Crippen molar-refractivity contribution in [1.29, 1.82) is 0 Å². The molecule has 7 nitrogen and oxygen atoms in total. The molecule has 2 aromatic carbocycles. The minimum Gasteiger partial charge on any atom is -0.480 e. The first-order chi connectivity index (χ1) is 14.8. The highest BCUT2D eigenvalue weighted by molar-refractivity contribution is 5.89. The van der Waals surface area contributed by atoms with E-state index in [2.05, 4.69) is 22.8 Å². The Hall–Kier alpha value is -3.35. The zero-order valence-electron chi connectivity index (χ0n) is 17.9. The SMILES string of the molecule is CC[C@@H](NC(=O)OCC1c2ccccc2-c2ccccc21)C(=O)N[C@H](C(=O)O)C(C)C. The highest BCUT2D eigenvalue weighted by atomic mass is 16.5. The van der Waals surface area contributed by atoms with Crippen molar-refractivity contribution in [2.75, 3.05) is 6.61 Å². The Morgan fingerprint density at radius 1 is 0.968 bits per heavy atom.